The van der Waals surface area contributed by atoms with Gasteiger partial charge in [0.2, 0.25) is 0 Å². The van der Waals surface area contributed by atoms with E-state index < -0.39 is 10.1 Å². The van der Waals surface area contributed by atoms with Crippen molar-refractivity contribution in [3.05, 3.63) is 58.3 Å². The van der Waals surface area contributed by atoms with Gasteiger partial charge in [0, 0.05) is 60.1 Å². The number of amides is 2. The Morgan fingerprint density at radius 3 is 2.59 bits per heavy atom. The van der Waals surface area contributed by atoms with Crippen LogP contribution in [0.25, 0.3) is 0 Å². The monoisotopic (exact) mass is 600 g/mol. The maximum absolute atomic E-state index is 13.0. The third-order valence-corrected chi connectivity index (χ3v) is 8.45. The zero-order valence-electron chi connectivity index (χ0n) is 19.1. The molecule has 1 aliphatic carbocycles. The van der Waals surface area contributed by atoms with Gasteiger partial charge in [-0.25, -0.2) is 4.79 Å². The lowest BCUT2D eigenvalue weighted by atomic mass is 9.85. The van der Waals surface area contributed by atoms with Crippen LogP contribution in [0.2, 0.25) is 0 Å². The van der Waals surface area contributed by atoms with E-state index in [0.717, 1.165) is 32.1 Å². The molecule has 1 saturated carbocycles. The van der Waals surface area contributed by atoms with E-state index in [-0.39, 0.29) is 20.8 Å². The van der Waals surface area contributed by atoms with Crippen LogP contribution in [0.1, 0.15) is 32.1 Å². The van der Waals surface area contributed by atoms with E-state index in [0.29, 0.717) is 42.8 Å². The molecule has 184 valence electrons. The highest BCUT2D eigenvalue weighted by Gasteiger charge is 2.31. The van der Waals surface area contributed by atoms with Crippen molar-refractivity contribution in [1.82, 2.24) is 4.90 Å². The number of benzene rings is 1. The topological polar surface area (TPSA) is 85.4 Å². The Hall–Kier alpha value is -2.21. The summed E-state index contributed by atoms with van der Waals surface area (Å²) >= 11 is 1.80. The summed E-state index contributed by atoms with van der Waals surface area (Å²) in [5.41, 5.74) is 0.667. The van der Waals surface area contributed by atoms with E-state index in [9.17, 15) is 13.2 Å². The van der Waals surface area contributed by atoms with Gasteiger partial charge in [-0.15, -0.1) is 0 Å². The first-order valence-electron chi connectivity index (χ1n) is 11.3. The highest BCUT2D eigenvalue weighted by molar-refractivity contribution is 14.1. The Morgan fingerprint density at radius 2 is 1.85 bits per heavy atom. The molecule has 4 aliphatic rings. The molecule has 3 heterocycles. The standard InChI is InChI=1S/C24H29IN2O6S/c1-17-14-21(31-2)16-23(25)33-34(29,30)22-8-6-19(7-9-22)27-13-12-26(24(27)28)11-10-18-4-3-5-20(15-18)32-17/h6-9,14,16,18,20H,1,3-5,10-13,15H2,2H3/b21-14+,23-16+/t18-,20-/m1/s1. The Bertz CT molecular complexity index is 1100. The Balaban J connectivity index is 1.63. The number of fused-ring (bicyclic) bond motifs is 8. The smallest absolute Gasteiger partial charge is 0.339 e. The number of carbonyl (C=O) groups excluding carboxylic acids is 1. The fraction of sp³-hybridized carbons (Fsp3) is 0.458. The summed E-state index contributed by atoms with van der Waals surface area (Å²) in [4.78, 5) is 16.5. The van der Waals surface area contributed by atoms with Crippen LogP contribution in [0.3, 0.4) is 0 Å². The molecule has 1 aromatic carbocycles. The fourth-order valence-electron chi connectivity index (χ4n) is 4.63. The SMILES string of the molecule is C=C1/C=C(OC)\C=C(/I)OS(=O)(=O)c2ccc(cc2)N2CCN(CC[C@H]3CCC[C@H](C3)O1)C2=O. The van der Waals surface area contributed by atoms with Crippen LogP contribution in [0, 0.1) is 5.92 Å². The summed E-state index contributed by atoms with van der Waals surface area (Å²) in [6, 6.07) is 6.13. The molecule has 2 amide bonds. The van der Waals surface area contributed by atoms with Gasteiger partial charge < -0.3 is 18.6 Å². The van der Waals surface area contributed by atoms with Gasteiger partial charge in [0.05, 0.1) is 13.2 Å². The average Bonchev–Trinajstić information content (AvgIpc) is 3.16. The lowest BCUT2D eigenvalue weighted by molar-refractivity contribution is 0.0641. The molecule has 6 bridgehead atoms. The summed E-state index contributed by atoms with van der Waals surface area (Å²) in [6.45, 7) is 5.91. The third-order valence-electron chi connectivity index (χ3n) is 6.38. The summed E-state index contributed by atoms with van der Waals surface area (Å²) in [5.74, 6) is 1.31. The maximum Gasteiger partial charge on any atom is 0.339 e. The van der Waals surface area contributed by atoms with Crippen LogP contribution in [-0.4, -0.2) is 52.2 Å². The molecule has 0 aromatic heterocycles. The van der Waals surface area contributed by atoms with Crippen molar-refractivity contribution >= 4 is 44.4 Å². The van der Waals surface area contributed by atoms with Gasteiger partial charge in [0.15, 0.2) is 3.77 Å². The molecule has 0 unspecified atom stereocenters. The first-order valence-corrected chi connectivity index (χ1v) is 13.8. The number of ether oxygens (including phenoxy) is 2. The van der Waals surface area contributed by atoms with Gasteiger partial charge in [-0.2, -0.15) is 8.42 Å². The van der Waals surface area contributed by atoms with Crippen LogP contribution in [-0.2, 0) is 23.8 Å². The highest BCUT2D eigenvalue weighted by Crippen LogP contribution is 2.32. The van der Waals surface area contributed by atoms with E-state index in [1.165, 1.54) is 25.3 Å². The van der Waals surface area contributed by atoms with E-state index in [4.69, 9.17) is 13.7 Å². The number of hydrogen-bond acceptors (Lipinski definition) is 6. The van der Waals surface area contributed by atoms with E-state index in [2.05, 4.69) is 6.58 Å². The van der Waals surface area contributed by atoms with Crippen LogP contribution in [0.5, 0.6) is 0 Å². The predicted molar refractivity (Wildman–Crippen MR) is 137 cm³/mol. The van der Waals surface area contributed by atoms with Crippen LogP contribution >= 0.6 is 22.6 Å². The van der Waals surface area contributed by atoms with Gasteiger partial charge in [-0.3, -0.25) is 4.90 Å². The summed E-state index contributed by atoms with van der Waals surface area (Å²) in [5, 5.41) is 0. The molecule has 3 aliphatic heterocycles. The van der Waals surface area contributed by atoms with Crippen molar-refractivity contribution in [3.63, 3.8) is 0 Å². The number of carbonyl (C=O) groups is 1. The first-order chi connectivity index (χ1) is 16.2. The minimum Gasteiger partial charge on any atom is -0.496 e. The third kappa shape index (κ3) is 5.88. The Morgan fingerprint density at radius 1 is 1.09 bits per heavy atom. The van der Waals surface area contributed by atoms with Crippen molar-refractivity contribution in [1.29, 1.82) is 0 Å². The van der Waals surface area contributed by atoms with Crippen molar-refractivity contribution in [2.24, 2.45) is 5.92 Å². The number of methoxy groups -OCH3 is 1. The molecule has 10 heteroatoms. The summed E-state index contributed by atoms with van der Waals surface area (Å²) in [7, 11) is -2.57. The lowest BCUT2D eigenvalue weighted by Crippen LogP contribution is -2.34. The minimum absolute atomic E-state index is 0.000219. The molecule has 1 saturated heterocycles. The largest absolute Gasteiger partial charge is 0.496 e. The Labute approximate surface area is 214 Å². The number of hydrogen-bond donors (Lipinski definition) is 0. The number of halogens is 1. The zero-order chi connectivity index (χ0) is 24.3. The highest BCUT2D eigenvalue weighted by atomic mass is 127. The minimum atomic E-state index is -4.05. The van der Waals surface area contributed by atoms with Crippen molar-refractivity contribution in [2.75, 3.05) is 31.6 Å². The molecular formula is C24H29IN2O6S. The van der Waals surface area contributed by atoms with Gasteiger partial charge >= 0.3 is 16.1 Å². The van der Waals surface area contributed by atoms with Crippen LogP contribution in [0.4, 0.5) is 10.5 Å². The van der Waals surface area contributed by atoms with E-state index >= 15 is 0 Å². The quantitative estimate of drug-likeness (QED) is 0.336. The average molecular weight is 600 g/mol. The molecule has 34 heavy (non-hydrogen) atoms. The van der Waals surface area contributed by atoms with Crippen LogP contribution < -0.4 is 4.90 Å². The Kier molecular flexibility index (Phi) is 7.76. The molecule has 0 N–H and O–H groups in total. The number of anilines is 1. The normalized spacial score (nSPS) is 28.8. The number of rotatable bonds is 1. The molecule has 2 fully saturated rings. The molecule has 1 aromatic rings. The second kappa shape index (κ2) is 10.6. The molecule has 2 atom stereocenters. The van der Waals surface area contributed by atoms with Crippen molar-refractivity contribution in [2.45, 2.75) is 43.1 Å². The molecular weight excluding hydrogens is 571 g/mol. The predicted octanol–water partition coefficient (Wildman–Crippen LogP) is 4.93. The zero-order valence-corrected chi connectivity index (χ0v) is 22.1. The number of urea groups is 1. The first kappa shape index (κ1) is 24.9. The summed E-state index contributed by atoms with van der Waals surface area (Å²) in [6.07, 6.45) is 8.15. The number of allylic oxidation sites excluding steroid dienone is 2. The van der Waals surface area contributed by atoms with Gasteiger partial charge in [0.1, 0.15) is 16.4 Å². The lowest BCUT2D eigenvalue weighted by Gasteiger charge is -2.30. The second-order valence-corrected chi connectivity index (χ2v) is 11.3. The van der Waals surface area contributed by atoms with Crippen molar-refractivity contribution < 1.29 is 26.9 Å². The van der Waals surface area contributed by atoms with Gasteiger partial charge in [-0.1, -0.05) is 13.0 Å². The van der Waals surface area contributed by atoms with Gasteiger partial charge in [-0.05, 0) is 55.9 Å². The maximum atomic E-state index is 13.0. The number of nitrogens with zero attached hydrogens (tertiary/aromatic N) is 2. The van der Waals surface area contributed by atoms with E-state index in [1.807, 2.05) is 4.90 Å². The summed E-state index contributed by atoms with van der Waals surface area (Å²) < 4.78 is 42.3. The molecule has 0 spiro atoms. The van der Waals surface area contributed by atoms with E-state index in [1.54, 1.807) is 45.7 Å². The molecule has 5 rings (SSSR count). The molecule has 8 nitrogen and oxygen atoms in total. The van der Waals surface area contributed by atoms with Gasteiger partial charge in [0.25, 0.3) is 0 Å². The van der Waals surface area contributed by atoms with Crippen LogP contribution in [0.15, 0.2) is 63.2 Å². The molecule has 0 radical (unpaired) electrons. The fourth-order valence-corrected chi connectivity index (χ4v) is 6.47. The second-order valence-electron chi connectivity index (χ2n) is 8.68. The van der Waals surface area contributed by atoms with Crippen molar-refractivity contribution in [3.8, 4) is 0 Å².